The summed E-state index contributed by atoms with van der Waals surface area (Å²) >= 11 is 0. The van der Waals surface area contributed by atoms with E-state index in [9.17, 15) is 9.90 Å². The summed E-state index contributed by atoms with van der Waals surface area (Å²) in [5, 5.41) is 13.1. The van der Waals surface area contributed by atoms with E-state index in [0.29, 0.717) is 24.4 Å². The van der Waals surface area contributed by atoms with Gasteiger partial charge in [-0.15, -0.1) is 0 Å². The van der Waals surface area contributed by atoms with Crippen LogP contribution in [-0.4, -0.2) is 47.2 Å². The third-order valence-electron chi connectivity index (χ3n) is 4.71. The third-order valence-corrected chi connectivity index (χ3v) is 4.71. The molecule has 1 saturated heterocycles. The summed E-state index contributed by atoms with van der Waals surface area (Å²) in [5.41, 5.74) is -0.714. The van der Waals surface area contributed by atoms with Crippen molar-refractivity contribution in [1.82, 2.24) is 10.2 Å². The Balaban J connectivity index is 2.10. The molecule has 0 aromatic carbocycles. The smallest absolute Gasteiger partial charge is 0.325 e. The van der Waals surface area contributed by atoms with Gasteiger partial charge >= 0.3 is 5.97 Å². The van der Waals surface area contributed by atoms with Gasteiger partial charge in [0.05, 0.1) is 0 Å². The summed E-state index contributed by atoms with van der Waals surface area (Å²) in [6, 6.07) is 0.510. The lowest BCUT2D eigenvalue weighted by Crippen LogP contribution is -2.61. The fraction of sp³-hybridized carbons (Fsp3) is 0.933. The fourth-order valence-electron chi connectivity index (χ4n) is 3.50. The SMILES string of the molecule is CCCNC(CN1CC(C)CC1C)(C(=O)O)C1CC1. The van der Waals surface area contributed by atoms with Crippen LogP contribution in [0.1, 0.15) is 46.5 Å². The van der Waals surface area contributed by atoms with E-state index in [1.54, 1.807) is 0 Å². The standard InChI is InChI=1S/C15H28N2O2/c1-4-7-16-15(14(18)19,13-5-6-13)10-17-9-11(2)8-12(17)3/h11-13,16H,4-10H2,1-3H3,(H,18,19). The van der Waals surface area contributed by atoms with Crippen LogP contribution in [0.15, 0.2) is 0 Å². The van der Waals surface area contributed by atoms with Gasteiger partial charge in [0.25, 0.3) is 0 Å². The van der Waals surface area contributed by atoms with E-state index in [4.69, 9.17) is 0 Å². The fourth-order valence-corrected chi connectivity index (χ4v) is 3.50. The van der Waals surface area contributed by atoms with Crippen molar-refractivity contribution in [2.75, 3.05) is 19.6 Å². The first-order chi connectivity index (χ1) is 8.99. The Hall–Kier alpha value is -0.610. The molecule has 1 heterocycles. The zero-order valence-corrected chi connectivity index (χ0v) is 12.5. The molecule has 2 N–H and O–H groups in total. The lowest BCUT2D eigenvalue weighted by molar-refractivity contribution is -0.147. The highest BCUT2D eigenvalue weighted by Crippen LogP contribution is 2.41. The van der Waals surface area contributed by atoms with Crippen molar-refractivity contribution in [1.29, 1.82) is 0 Å². The molecule has 4 heteroatoms. The number of carboxylic acid groups (broad SMARTS) is 1. The monoisotopic (exact) mass is 268 g/mol. The van der Waals surface area contributed by atoms with Crippen LogP contribution in [0, 0.1) is 11.8 Å². The number of hydrogen-bond donors (Lipinski definition) is 2. The first-order valence-corrected chi connectivity index (χ1v) is 7.72. The molecule has 19 heavy (non-hydrogen) atoms. The molecule has 2 fully saturated rings. The number of rotatable bonds is 7. The van der Waals surface area contributed by atoms with Crippen molar-refractivity contribution < 1.29 is 9.90 Å². The quantitative estimate of drug-likeness (QED) is 0.741. The summed E-state index contributed by atoms with van der Waals surface area (Å²) in [5.74, 6) is 0.349. The predicted molar refractivity (Wildman–Crippen MR) is 76.2 cm³/mol. The molecule has 3 atom stereocenters. The van der Waals surface area contributed by atoms with Crippen molar-refractivity contribution >= 4 is 5.97 Å². The normalized spacial score (nSPS) is 31.3. The van der Waals surface area contributed by atoms with E-state index in [1.807, 2.05) is 0 Å². The molecule has 0 aromatic rings. The molecule has 4 nitrogen and oxygen atoms in total. The highest BCUT2D eigenvalue weighted by molar-refractivity contribution is 5.80. The van der Waals surface area contributed by atoms with Crippen molar-refractivity contribution in [3.05, 3.63) is 0 Å². The van der Waals surface area contributed by atoms with E-state index in [0.717, 1.165) is 32.4 Å². The molecule has 2 aliphatic rings. The molecule has 0 aromatic heterocycles. The minimum atomic E-state index is -0.714. The molecule has 0 amide bonds. The van der Waals surface area contributed by atoms with Gasteiger partial charge in [0.15, 0.2) is 0 Å². The molecule has 1 saturated carbocycles. The van der Waals surface area contributed by atoms with Gasteiger partial charge in [0.2, 0.25) is 0 Å². The van der Waals surface area contributed by atoms with Gasteiger partial charge in [-0.3, -0.25) is 9.69 Å². The van der Waals surface area contributed by atoms with Crippen LogP contribution >= 0.6 is 0 Å². The lowest BCUT2D eigenvalue weighted by atomic mass is 9.91. The topological polar surface area (TPSA) is 52.6 Å². The maximum absolute atomic E-state index is 11.9. The minimum Gasteiger partial charge on any atom is -0.480 e. The van der Waals surface area contributed by atoms with E-state index in [2.05, 4.69) is 31.0 Å². The van der Waals surface area contributed by atoms with E-state index in [-0.39, 0.29) is 0 Å². The van der Waals surface area contributed by atoms with Gasteiger partial charge in [-0.1, -0.05) is 13.8 Å². The lowest BCUT2D eigenvalue weighted by Gasteiger charge is -2.36. The predicted octanol–water partition coefficient (Wildman–Crippen LogP) is 1.95. The van der Waals surface area contributed by atoms with Crippen LogP contribution in [0.2, 0.25) is 0 Å². The molecule has 3 unspecified atom stereocenters. The molecule has 1 aliphatic heterocycles. The van der Waals surface area contributed by atoms with Crippen molar-refractivity contribution in [3.63, 3.8) is 0 Å². The highest BCUT2D eigenvalue weighted by Gasteiger charge is 2.52. The number of likely N-dealkylation sites (tertiary alicyclic amines) is 1. The number of carbonyl (C=O) groups is 1. The Morgan fingerprint density at radius 2 is 2.11 bits per heavy atom. The Kier molecular flexibility index (Phi) is 4.51. The van der Waals surface area contributed by atoms with Gasteiger partial charge < -0.3 is 10.4 Å². The van der Waals surface area contributed by atoms with Gasteiger partial charge in [0.1, 0.15) is 5.54 Å². The van der Waals surface area contributed by atoms with Crippen LogP contribution in [0.4, 0.5) is 0 Å². The molecular formula is C15H28N2O2. The van der Waals surface area contributed by atoms with Gasteiger partial charge in [-0.2, -0.15) is 0 Å². The second kappa shape index (κ2) is 5.80. The molecular weight excluding hydrogens is 240 g/mol. The Morgan fingerprint density at radius 1 is 1.42 bits per heavy atom. The van der Waals surface area contributed by atoms with Crippen molar-refractivity contribution in [2.24, 2.45) is 11.8 Å². The van der Waals surface area contributed by atoms with E-state index >= 15 is 0 Å². The summed E-state index contributed by atoms with van der Waals surface area (Å²) in [6.45, 7) is 9.07. The molecule has 110 valence electrons. The van der Waals surface area contributed by atoms with Crippen molar-refractivity contribution in [3.8, 4) is 0 Å². The average Bonchev–Trinajstić information content (AvgIpc) is 3.12. The average molecular weight is 268 g/mol. The maximum Gasteiger partial charge on any atom is 0.325 e. The number of hydrogen-bond acceptors (Lipinski definition) is 3. The van der Waals surface area contributed by atoms with Gasteiger partial charge in [0, 0.05) is 19.1 Å². The largest absolute Gasteiger partial charge is 0.480 e. The summed E-state index contributed by atoms with van der Waals surface area (Å²) < 4.78 is 0. The van der Waals surface area contributed by atoms with Crippen LogP contribution < -0.4 is 5.32 Å². The zero-order valence-electron chi connectivity index (χ0n) is 12.5. The molecule has 1 aliphatic carbocycles. The summed E-state index contributed by atoms with van der Waals surface area (Å²) in [4.78, 5) is 14.3. The van der Waals surface area contributed by atoms with Crippen LogP contribution in [0.25, 0.3) is 0 Å². The number of nitrogens with zero attached hydrogens (tertiary/aromatic N) is 1. The maximum atomic E-state index is 11.9. The van der Waals surface area contributed by atoms with Crippen LogP contribution in [-0.2, 0) is 4.79 Å². The number of carboxylic acids is 1. The highest BCUT2D eigenvalue weighted by atomic mass is 16.4. The molecule has 0 bridgehead atoms. The first kappa shape index (κ1) is 14.8. The Bertz CT molecular complexity index is 330. The van der Waals surface area contributed by atoms with E-state index < -0.39 is 11.5 Å². The Labute approximate surface area is 116 Å². The Morgan fingerprint density at radius 3 is 2.53 bits per heavy atom. The van der Waals surface area contributed by atoms with Crippen LogP contribution in [0.5, 0.6) is 0 Å². The van der Waals surface area contributed by atoms with Gasteiger partial charge in [-0.05, 0) is 51.0 Å². The second-order valence-corrected chi connectivity index (χ2v) is 6.60. The van der Waals surface area contributed by atoms with Gasteiger partial charge in [-0.25, -0.2) is 0 Å². The number of aliphatic carboxylic acids is 1. The van der Waals surface area contributed by atoms with Crippen molar-refractivity contribution in [2.45, 2.75) is 58.0 Å². The molecule has 0 radical (unpaired) electrons. The molecule has 2 rings (SSSR count). The second-order valence-electron chi connectivity index (χ2n) is 6.60. The third kappa shape index (κ3) is 3.11. The van der Waals surface area contributed by atoms with Crippen LogP contribution in [0.3, 0.4) is 0 Å². The first-order valence-electron chi connectivity index (χ1n) is 7.72. The minimum absolute atomic E-state index is 0.319. The summed E-state index contributed by atoms with van der Waals surface area (Å²) in [6.07, 6.45) is 4.28. The number of nitrogens with one attached hydrogen (secondary N) is 1. The molecule has 0 spiro atoms. The zero-order chi connectivity index (χ0) is 14.0. The van der Waals surface area contributed by atoms with E-state index in [1.165, 1.54) is 6.42 Å². The summed E-state index contributed by atoms with van der Waals surface area (Å²) in [7, 11) is 0.